The normalized spacial score (nSPS) is 15.2. The van der Waals surface area contributed by atoms with Crippen LogP contribution in [0.15, 0.2) is 243 Å². The Morgan fingerprint density at radius 1 is 0.230 bits per heavy atom. The zero-order chi connectivity index (χ0) is 104. The molecule has 0 spiro atoms. The van der Waals surface area contributed by atoms with Crippen molar-refractivity contribution in [3.05, 3.63) is 304 Å². The van der Waals surface area contributed by atoms with Gasteiger partial charge in [-0.3, -0.25) is 0 Å². The minimum Gasteiger partial charge on any atom is -0.310 e. The Morgan fingerprint density at radius 3 is 0.704 bits per heavy atom. The van der Waals surface area contributed by atoms with Crippen molar-refractivity contribution in [3.8, 4) is 55.9 Å². The van der Waals surface area contributed by atoms with E-state index in [0.29, 0.717) is 22.3 Å². The largest absolute Gasteiger partial charge is 0.310 e. The zero-order valence-corrected chi connectivity index (χ0v) is 87.8. The highest BCUT2D eigenvalue weighted by molar-refractivity contribution is 7.00. The van der Waals surface area contributed by atoms with Crippen molar-refractivity contribution in [2.45, 2.75) is 296 Å². The number of fused-ring (bicyclic) bond motifs is 10. The van der Waals surface area contributed by atoms with E-state index >= 15 is 0 Å². The predicted octanol–water partition coefficient (Wildman–Crippen LogP) is 35.2. The van der Waals surface area contributed by atoms with Crippen molar-refractivity contribution in [1.82, 2.24) is 9.13 Å². The first-order valence-electron chi connectivity index (χ1n) is 53.8. The van der Waals surface area contributed by atoms with Gasteiger partial charge in [-0.1, -0.05) is 362 Å². The molecule has 0 N–H and O–H groups in total. The highest BCUT2D eigenvalue weighted by Gasteiger charge is 2.47. The molecule has 135 heavy (non-hydrogen) atoms. The Kier molecular flexibility index (Phi) is 21.7. The number of hydrogen-bond acceptors (Lipinski definition) is 2. The lowest BCUT2D eigenvalue weighted by Gasteiger charge is -2.47. The van der Waals surface area contributed by atoms with Gasteiger partial charge in [0, 0.05) is 88.9 Å². The first kappa shape index (κ1) is 85.8. The molecule has 2 aliphatic heterocycles. The lowest BCUT2D eigenvalue weighted by atomic mass is 9.33. The highest BCUT2D eigenvalue weighted by atomic mass is 15.2. The Morgan fingerprint density at radius 2 is 0.474 bits per heavy atom. The molecule has 4 nitrogen and oxygen atoms in total. The second-order valence-electron chi connectivity index (χ2n) is 52.0. The molecule has 0 saturated heterocycles. The molecule has 0 saturated carbocycles. The summed E-state index contributed by atoms with van der Waals surface area (Å²) in [6, 6.07) is 90.9. The molecule has 0 unspecified atom stereocenters. The summed E-state index contributed by atoms with van der Waals surface area (Å²) in [4.78, 5) is 5.21. The third-order valence-corrected chi connectivity index (χ3v) is 26.3. The molecule has 13 aromatic carbocycles. The Hall–Kier alpha value is -10.9. The van der Waals surface area contributed by atoms with Crippen LogP contribution in [0.25, 0.3) is 99.5 Å². The van der Waals surface area contributed by atoms with Crippen LogP contribution in [0.4, 0.5) is 34.1 Å². The second-order valence-corrected chi connectivity index (χ2v) is 52.0. The third-order valence-electron chi connectivity index (χ3n) is 26.3. The number of benzene rings is 13. The van der Waals surface area contributed by atoms with Gasteiger partial charge in [0.25, 0.3) is 6.71 Å². The van der Waals surface area contributed by atoms with Crippen LogP contribution in [0.1, 0.15) is 301 Å². The number of aromatic nitrogens is 2. The van der Waals surface area contributed by atoms with Gasteiger partial charge in [0.2, 0.25) is 0 Å². The fourth-order valence-electron chi connectivity index (χ4n) is 21.1. The molecule has 15 aromatic rings. The van der Waals surface area contributed by atoms with Crippen LogP contribution in [0.5, 0.6) is 0 Å². The molecule has 698 valence electrons. The molecule has 0 aliphatic carbocycles. The van der Waals surface area contributed by atoms with Gasteiger partial charge >= 0.3 is 0 Å². The minimum absolute atomic E-state index is 0.0131. The quantitative estimate of drug-likeness (QED) is 0.0897. The summed E-state index contributed by atoms with van der Waals surface area (Å²) in [7, 11) is 0. The van der Waals surface area contributed by atoms with Crippen LogP contribution in [0, 0.1) is 43.3 Å². The Balaban J connectivity index is 1.12. The van der Waals surface area contributed by atoms with E-state index in [4.69, 9.17) is 0 Å². The molecule has 0 fully saturated rings. The van der Waals surface area contributed by atoms with Crippen LogP contribution in [-0.4, -0.2) is 15.8 Å². The van der Waals surface area contributed by atoms with Crippen molar-refractivity contribution in [3.63, 3.8) is 0 Å². The van der Waals surface area contributed by atoms with E-state index in [2.05, 4.69) is 358 Å². The number of hydrogen-bond donors (Lipinski definition) is 0. The SMILES string of the molecule is [2H]C([2H])(c1cccc(-c2cc(C(C)(C)C)cc(-c3cccc(C([2H])([2H])C(C)(C)C)c3)c2N2c3cc(-n4c5ccc(CC(C)(C)C)cc5c5cc(CC(C)(C)C)ccc54)ccc3B3c4ccc(-n5c6ccc(CC(C)(C)C)cc6c6cc(CC(C)(C)C)ccc65)cc4N(c4c(-c5cccc(C([2H])([2H])C(C)(C)C)c5)cc(C(C)(C)C)cc4-c4cccc(C([2H])([2H])C(C)(C)C)c4)c4cc(C(C)(C)C)cc2c43)c1)C(C)(C)C. The van der Waals surface area contributed by atoms with Crippen molar-refractivity contribution in [2.75, 3.05) is 9.80 Å². The molecule has 0 bridgehead atoms. The van der Waals surface area contributed by atoms with E-state index in [1.54, 1.807) is 0 Å². The molecule has 4 heterocycles. The first-order chi connectivity index (χ1) is 65.8. The summed E-state index contributed by atoms with van der Waals surface area (Å²) in [5.41, 5.74) is 27.2. The maximum absolute atomic E-state index is 10.3. The summed E-state index contributed by atoms with van der Waals surface area (Å²) in [5, 5.41) is 4.75. The van der Waals surface area contributed by atoms with E-state index in [0.717, 1.165) is 171 Å². The molecule has 2 aromatic heterocycles. The van der Waals surface area contributed by atoms with Gasteiger partial charge in [-0.05, 0) is 320 Å². The fourth-order valence-corrected chi connectivity index (χ4v) is 21.1. The van der Waals surface area contributed by atoms with Gasteiger partial charge < -0.3 is 18.9 Å². The molecule has 2 aliphatic rings. The third kappa shape index (κ3) is 20.5. The van der Waals surface area contributed by atoms with Gasteiger partial charge in [0.05, 0.1) is 33.4 Å². The van der Waals surface area contributed by atoms with E-state index in [1.807, 2.05) is 132 Å². The number of nitrogens with zero attached hydrogens (tertiary/aromatic N) is 4. The van der Waals surface area contributed by atoms with Gasteiger partial charge in [-0.15, -0.1) is 0 Å². The lowest BCUT2D eigenvalue weighted by molar-refractivity contribution is 0.411. The lowest BCUT2D eigenvalue weighted by Crippen LogP contribution is -2.61. The molecule has 5 heteroatoms. The van der Waals surface area contributed by atoms with E-state index in [9.17, 15) is 11.0 Å². The smallest absolute Gasteiger partial charge is 0.252 e. The van der Waals surface area contributed by atoms with Gasteiger partial charge in [-0.2, -0.15) is 0 Å². The summed E-state index contributed by atoms with van der Waals surface area (Å²) in [6.07, 6.45) is -3.67. The fraction of sp³-hybridized carbons (Fsp3) is 0.400. The maximum Gasteiger partial charge on any atom is 0.252 e. The summed E-state index contributed by atoms with van der Waals surface area (Å²) < 4.78 is 87.1. The summed E-state index contributed by atoms with van der Waals surface area (Å²) >= 11 is 0. The molecular weight excluding hydrogens is 1630 g/mol. The number of rotatable bonds is 16. The standard InChI is InChI=1S/C130H155BN4/c1-120(2,3)74-82-38-34-42-90(58-82)99-66-94(128(25,26)27)67-100(91-43-35-39-83(59-91)75-121(4,5)6)118(99)134-113-72-97(132-109-54-46-86(78-124(13,14)15)62-103(109)104-63-87(47-55-110(104)132)79-125(16,17)18)50-52-107(113)131-108-53-51-98(133-111-56-48-88(80-126(19,20)21)64-105(111)106-65-89(49-57-112(106)133)81-127(22,23)24)73-114(108)135(116-71-96(130(31,32)33)70-115(134)117(116)131)119-101(92-44-36-40-84(60-92)76-122(7,8)9)68-95(129(28,29)30)69-102(119)93-45-37-41-85(61-93)77-123(10,11)12/h34-73H,74-81H2,1-33H3/i74D2,75D2,76D2,77D2. The van der Waals surface area contributed by atoms with Crippen LogP contribution >= 0.6 is 0 Å². The van der Waals surface area contributed by atoms with Gasteiger partial charge in [-0.25, -0.2) is 0 Å². The first-order valence-corrected chi connectivity index (χ1v) is 49.8. The summed E-state index contributed by atoms with van der Waals surface area (Å²) in [6.45, 7) is 71.9. The van der Waals surface area contributed by atoms with Crippen LogP contribution in [0.2, 0.25) is 0 Å². The maximum atomic E-state index is 10.3. The van der Waals surface area contributed by atoms with Crippen molar-refractivity contribution in [2.24, 2.45) is 43.3 Å². The molecular formula is C130H155BN4. The highest BCUT2D eigenvalue weighted by Crippen LogP contribution is 2.57. The predicted molar refractivity (Wildman–Crippen MR) is 592 cm³/mol. The minimum atomic E-state index is -1.81. The molecule has 0 atom stereocenters. The van der Waals surface area contributed by atoms with Crippen molar-refractivity contribution < 1.29 is 11.0 Å². The van der Waals surface area contributed by atoms with Crippen LogP contribution < -0.4 is 26.2 Å². The van der Waals surface area contributed by atoms with Gasteiger partial charge in [0.1, 0.15) is 0 Å². The molecule has 0 radical (unpaired) electrons. The van der Waals surface area contributed by atoms with E-state index in [1.165, 1.54) is 43.8 Å². The average Bonchev–Trinajstić information content (AvgIpc) is 0.714. The van der Waals surface area contributed by atoms with Crippen molar-refractivity contribution in [1.29, 1.82) is 0 Å². The summed E-state index contributed by atoms with van der Waals surface area (Å²) in [5.74, 6) is 0. The average molecular weight is 1790 g/mol. The molecule has 17 rings (SSSR count). The topological polar surface area (TPSA) is 16.3 Å². The van der Waals surface area contributed by atoms with Crippen molar-refractivity contribution >= 4 is 101 Å². The van der Waals surface area contributed by atoms with Crippen LogP contribution in [0.3, 0.4) is 0 Å². The monoisotopic (exact) mass is 1790 g/mol. The Labute approximate surface area is 824 Å². The molecule has 0 amide bonds. The Bertz CT molecular complexity index is 6790. The second kappa shape index (κ2) is 34.1. The number of anilines is 6. The zero-order valence-electron chi connectivity index (χ0n) is 95.8. The van der Waals surface area contributed by atoms with Gasteiger partial charge in [0.15, 0.2) is 0 Å². The van der Waals surface area contributed by atoms with E-state index in [-0.39, 0.29) is 21.7 Å². The van der Waals surface area contributed by atoms with E-state index < -0.39 is 70.1 Å². The van der Waals surface area contributed by atoms with Crippen LogP contribution in [-0.2, 0) is 67.4 Å².